The average Bonchev–Trinajstić information content (AvgIpc) is 3.18. The van der Waals surface area contributed by atoms with Crippen molar-refractivity contribution in [3.05, 3.63) is 78.9 Å². The minimum atomic E-state index is -0.194. The van der Waals surface area contributed by atoms with Crippen LogP contribution in [0.2, 0.25) is 11.5 Å². The molecule has 0 unspecified atom stereocenters. The zero-order valence-electron chi connectivity index (χ0n) is 14.0. The Morgan fingerprint density at radius 3 is 1.71 bits per heavy atom. The van der Waals surface area contributed by atoms with E-state index < -0.39 is 0 Å². The van der Waals surface area contributed by atoms with Crippen LogP contribution in [-0.2, 0) is 21.3 Å². The smallest absolute Gasteiger partial charge is 0.0771 e. The van der Waals surface area contributed by atoms with Crippen molar-refractivity contribution in [2.45, 2.75) is 17.9 Å². The summed E-state index contributed by atoms with van der Waals surface area (Å²) >= 11 is 1.52. The van der Waals surface area contributed by atoms with Crippen LogP contribution in [0.1, 0.15) is 6.42 Å². The molecule has 0 saturated carbocycles. The maximum absolute atomic E-state index is 2.99. The first-order valence-electron chi connectivity index (χ1n) is 7.45. The second-order valence-electron chi connectivity index (χ2n) is 5.32. The molecular weight excluding hydrogens is 562 g/mol. The van der Waals surface area contributed by atoms with E-state index in [1.807, 2.05) is 12.2 Å². The second kappa shape index (κ2) is 13.0. The minimum Gasteiger partial charge on any atom is -0.126 e. The number of allylic oxidation sites excluding steroid dienone is 4. The molecule has 24 heavy (non-hydrogen) atoms. The molecule has 124 valence electrons. The first-order chi connectivity index (χ1) is 10.7. The topological polar surface area (TPSA) is 0 Å². The molecule has 0 aliphatic heterocycles. The van der Waals surface area contributed by atoms with Crippen molar-refractivity contribution in [1.82, 2.24) is 0 Å². The van der Waals surface area contributed by atoms with E-state index in [1.165, 1.54) is 42.8 Å². The Morgan fingerprint density at radius 2 is 1.38 bits per heavy atom. The summed E-state index contributed by atoms with van der Waals surface area (Å²) in [6.45, 7) is 0. The molecule has 0 N–H and O–H groups in total. The van der Waals surface area contributed by atoms with Crippen LogP contribution in [0.15, 0.2) is 72.8 Å². The van der Waals surface area contributed by atoms with Gasteiger partial charge in [0.2, 0.25) is 0 Å². The first-order valence-corrected chi connectivity index (χ1v) is 22.0. The summed E-state index contributed by atoms with van der Waals surface area (Å²) in [5.74, 6) is 4.79. The predicted molar refractivity (Wildman–Crippen MR) is 111 cm³/mol. The van der Waals surface area contributed by atoms with E-state index in [4.69, 9.17) is 0 Å². The molecule has 0 radical (unpaired) electrons. The molecule has 0 nitrogen and oxygen atoms in total. The van der Waals surface area contributed by atoms with Crippen LogP contribution in [-0.4, -0.2) is 10.1 Å². The summed E-state index contributed by atoms with van der Waals surface area (Å²) in [6.07, 6.45) is 10.0. The quantitative estimate of drug-likeness (QED) is 0.205. The van der Waals surface area contributed by atoms with Crippen molar-refractivity contribution in [1.29, 1.82) is 0 Å². The number of halogens is 2. The molecule has 1 aliphatic rings. The summed E-state index contributed by atoms with van der Waals surface area (Å²) < 4.78 is 0. The normalized spacial score (nSPS) is 10.8. The number of hydrogen-bond donors (Lipinski definition) is 0. The fourth-order valence-corrected chi connectivity index (χ4v) is 2.24. The van der Waals surface area contributed by atoms with E-state index in [1.54, 1.807) is 0 Å². The Labute approximate surface area is 173 Å². The molecule has 0 atom stereocenters. The SMILES string of the molecule is Cl.Cl.[C-]1=CC=CC1.[CH3][Ge]([CH3])=[Hf+2].c1ccc2c(c1)[cH-]c1ccccc12. The van der Waals surface area contributed by atoms with Crippen molar-refractivity contribution in [3.8, 4) is 0 Å². The van der Waals surface area contributed by atoms with E-state index in [0.717, 1.165) is 6.42 Å². The zero-order chi connectivity index (χ0) is 15.8. The molecule has 0 amide bonds. The van der Waals surface area contributed by atoms with Gasteiger partial charge in [0.25, 0.3) is 0 Å². The number of benzene rings is 2. The van der Waals surface area contributed by atoms with Gasteiger partial charge in [-0.3, -0.25) is 6.08 Å². The monoisotopic (exact) mass is 586 g/mol. The second-order valence-corrected chi connectivity index (χ2v) is 28.2. The van der Waals surface area contributed by atoms with Gasteiger partial charge in [0.05, 0.1) is 0 Å². The van der Waals surface area contributed by atoms with Crippen LogP contribution in [0.4, 0.5) is 0 Å². The Bertz CT molecular complexity index is 754. The predicted octanol–water partition coefficient (Wildman–Crippen LogP) is 6.65. The molecule has 0 saturated heterocycles. The number of hydrogen-bond acceptors (Lipinski definition) is 0. The molecular formula is C20H22Cl2GeHf. The first kappa shape index (κ1) is 23.8. The van der Waals surface area contributed by atoms with Crippen molar-refractivity contribution >= 4 is 56.4 Å². The van der Waals surface area contributed by atoms with Crippen LogP contribution in [0.25, 0.3) is 21.5 Å². The Morgan fingerprint density at radius 1 is 0.917 bits per heavy atom. The Balaban J connectivity index is 0.000000409. The van der Waals surface area contributed by atoms with Gasteiger partial charge in [-0.25, -0.2) is 12.2 Å². The van der Waals surface area contributed by atoms with Crippen LogP contribution in [0, 0.1) is 6.08 Å². The summed E-state index contributed by atoms with van der Waals surface area (Å²) in [5.41, 5.74) is 0. The molecule has 0 heterocycles. The van der Waals surface area contributed by atoms with E-state index in [9.17, 15) is 0 Å². The Kier molecular flexibility index (Phi) is 12.9. The van der Waals surface area contributed by atoms with Gasteiger partial charge in [0.1, 0.15) is 0 Å². The Hall–Kier alpha value is -0.217. The van der Waals surface area contributed by atoms with Gasteiger partial charge in [0, 0.05) is 0 Å². The molecule has 1 aliphatic carbocycles. The van der Waals surface area contributed by atoms with Gasteiger partial charge < -0.3 is 0 Å². The fourth-order valence-electron chi connectivity index (χ4n) is 2.24. The summed E-state index contributed by atoms with van der Waals surface area (Å²) in [5, 5.41) is 5.39. The molecule has 3 aromatic rings. The third-order valence-electron chi connectivity index (χ3n) is 3.11. The van der Waals surface area contributed by atoms with Crippen LogP contribution in [0.3, 0.4) is 0 Å². The summed E-state index contributed by atoms with van der Waals surface area (Å²) in [6, 6.07) is 19.3. The largest absolute Gasteiger partial charge is 0.126 e. The third kappa shape index (κ3) is 7.78. The molecule has 0 aromatic heterocycles. The van der Waals surface area contributed by atoms with Gasteiger partial charge >= 0.3 is 42.8 Å². The van der Waals surface area contributed by atoms with E-state index in [2.05, 4.69) is 78.3 Å². The average molecular weight is 584 g/mol. The van der Waals surface area contributed by atoms with Crippen LogP contribution in [0.5, 0.6) is 0 Å². The van der Waals surface area contributed by atoms with E-state index >= 15 is 0 Å². The fraction of sp³-hybridized carbons (Fsp3) is 0.150. The third-order valence-corrected chi connectivity index (χ3v) is 3.11. The van der Waals surface area contributed by atoms with Crippen LogP contribution >= 0.6 is 24.8 Å². The van der Waals surface area contributed by atoms with E-state index in [0.29, 0.717) is 0 Å². The molecule has 4 rings (SSSR count). The summed E-state index contributed by atoms with van der Waals surface area (Å²) in [7, 11) is -0.194. The zero-order valence-corrected chi connectivity index (χ0v) is 21.3. The van der Waals surface area contributed by atoms with E-state index in [-0.39, 0.29) is 34.9 Å². The van der Waals surface area contributed by atoms with Gasteiger partial charge in [-0.15, -0.1) is 71.0 Å². The van der Waals surface area contributed by atoms with Gasteiger partial charge in [-0.05, 0) is 0 Å². The van der Waals surface area contributed by atoms with Crippen molar-refractivity contribution in [2.24, 2.45) is 0 Å². The van der Waals surface area contributed by atoms with Crippen molar-refractivity contribution < 1.29 is 21.3 Å². The van der Waals surface area contributed by atoms with Gasteiger partial charge in [-0.2, -0.15) is 6.08 Å². The van der Waals surface area contributed by atoms with Crippen molar-refractivity contribution in [3.63, 3.8) is 0 Å². The van der Waals surface area contributed by atoms with Gasteiger partial charge in [0.15, 0.2) is 0 Å². The van der Waals surface area contributed by atoms with Crippen LogP contribution < -0.4 is 0 Å². The molecule has 4 heteroatoms. The number of rotatable bonds is 0. The molecule has 0 bridgehead atoms. The summed E-state index contributed by atoms with van der Waals surface area (Å²) in [4.78, 5) is 0. The standard InChI is InChI=1S/C13H9.C5H5.C2H6Ge.2ClH.Hf/c1-3-7-12-10(5-1)9-11-6-2-4-8-13(11)12;1-2-4-5-3-1;1-3-2;;;/h1-9H;1-3H,4H2;1-2H3;2*1H;/q2*-1;;;;+2. The molecule has 0 fully saturated rings. The molecule has 0 spiro atoms. The maximum Gasteiger partial charge on any atom is -0.0771 e. The van der Waals surface area contributed by atoms with Crippen molar-refractivity contribution in [2.75, 3.05) is 0 Å². The maximum atomic E-state index is 2.99. The molecule has 3 aromatic carbocycles. The van der Waals surface area contributed by atoms with Gasteiger partial charge in [-0.1, -0.05) is 36.4 Å². The minimum absolute atomic E-state index is 0. The number of fused-ring (bicyclic) bond motifs is 3.